The van der Waals surface area contributed by atoms with Crippen molar-refractivity contribution in [2.75, 3.05) is 11.9 Å². The van der Waals surface area contributed by atoms with Gasteiger partial charge < -0.3 is 10.1 Å². The van der Waals surface area contributed by atoms with Crippen LogP contribution in [0.15, 0.2) is 30.5 Å². The van der Waals surface area contributed by atoms with Gasteiger partial charge in [0.15, 0.2) is 0 Å². The minimum Gasteiger partial charge on any atom is -0.494 e. The lowest BCUT2D eigenvalue weighted by atomic mass is 10.1. The molecule has 1 N–H and O–H groups in total. The summed E-state index contributed by atoms with van der Waals surface area (Å²) in [6, 6.07) is 8.31. The summed E-state index contributed by atoms with van der Waals surface area (Å²) in [6.45, 7) is 7.04. The number of aromatic nitrogens is 2. The molecule has 1 aromatic heterocycles. The van der Waals surface area contributed by atoms with Gasteiger partial charge in [-0.25, -0.2) is 0 Å². The molecule has 20 heavy (non-hydrogen) atoms. The monoisotopic (exact) mass is 273 g/mol. The van der Waals surface area contributed by atoms with E-state index in [1.807, 2.05) is 36.9 Å². The van der Waals surface area contributed by atoms with Crippen molar-refractivity contribution in [2.24, 2.45) is 7.05 Å². The first-order chi connectivity index (χ1) is 9.60. The van der Waals surface area contributed by atoms with Crippen LogP contribution in [-0.2, 0) is 7.05 Å². The number of benzene rings is 1. The van der Waals surface area contributed by atoms with Crippen LogP contribution in [0, 0.1) is 6.92 Å². The summed E-state index contributed by atoms with van der Waals surface area (Å²) in [6.07, 6.45) is 3.08. The molecule has 2 aromatic rings. The number of ether oxygens (including phenoxy) is 1. The molecule has 1 aromatic carbocycles. The van der Waals surface area contributed by atoms with Crippen molar-refractivity contribution in [3.8, 4) is 5.75 Å². The van der Waals surface area contributed by atoms with Crippen LogP contribution in [0.1, 0.15) is 37.6 Å². The van der Waals surface area contributed by atoms with E-state index in [-0.39, 0.29) is 6.04 Å². The second-order valence-electron chi connectivity index (χ2n) is 5.09. The molecule has 0 fully saturated rings. The van der Waals surface area contributed by atoms with E-state index >= 15 is 0 Å². The molecule has 0 aliphatic carbocycles. The summed E-state index contributed by atoms with van der Waals surface area (Å²) < 4.78 is 7.51. The molecule has 0 amide bonds. The first-order valence-corrected chi connectivity index (χ1v) is 7.09. The highest BCUT2D eigenvalue weighted by molar-refractivity contribution is 5.50. The second kappa shape index (κ2) is 6.46. The number of anilines is 1. The average molecular weight is 273 g/mol. The Morgan fingerprint density at radius 2 is 2.20 bits per heavy atom. The average Bonchev–Trinajstić information content (AvgIpc) is 2.76. The van der Waals surface area contributed by atoms with Crippen LogP contribution in [-0.4, -0.2) is 16.4 Å². The summed E-state index contributed by atoms with van der Waals surface area (Å²) in [5, 5.41) is 7.88. The molecule has 1 heterocycles. The molecule has 0 saturated carbocycles. The third-order valence-electron chi connectivity index (χ3n) is 3.21. The molecule has 2 rings (SSSR count). The van der Waals surface area contributed by atoms with E-state index in [1.165, 1.54) is 5.56 Å². The van der Waals surface area contributed by atoms with Crippen LogP contribution in [0.25, 0.3) is 0 Å². The van der Waals surface area contributed by atoms with Gasteiger partial charge in [-0.15, -0.1) is 0 Å². The van der Waals surface area contributed by atoms with E-state index in [4.69, 9.17) is 4.74 Å². The van der Waals surface area contributed by atoms with Gasteiger partial charge in [0.05, 0.1) is 18.3 Å². The SMILES string of the molecule is CCCOc1cccc(NC(C)c2cn(C)nc2C)c1. The normalized spacial score (nSPS) is 12.2. The summed E-state index contributed by atoms with van der Waals surface area (Å²) in [7, 11) is 1.95. The summed E-state index contributed by atoms with van der Waals surface area (Å²) in [5.41, 5.74) is 3.34. The van der Waals surface area contributed by atoms with E-state index in [0.717, 1.165) is 30.2 Å². The van der Waals surface area contributed by atoms with Gasteiger partial charge in [0.1, 0.15) is 5.75 Å². The largest absolute Gasteiger partial charge is 0.494 e. The lowest BCUT2D eigenvalue weighted by Gasteiger charge is -2.15. The van der Waals surface area contributed by atoms with E-state index in [2.05, 4.69) is 36.5 Å². The van der Waals surface area contributed by atoms with Crippen LogP contribution >= 0.6 is 0 Å². The zero-order valence-electron chi connectivity index (χ0n) is 12.7. The van der Waals surface area contributed by atoms with Gasteiger partial charge >= 0.3 is 0 Å². The Kier molecular flexibility index (Phi) is 4.66. The fourth-order valence-corrected chi connectivity index (χ4v) is 2.27. The zero-order chi connectivity index (χ0) is 14.5. The minimum absolute atomic E-state index is 0.213. The van der Waals surface area contributed by atoms with Crippen molar-refractivity contribution >= 4 is 5.69 Å². The maximum absolute atomic E-state index is 5.65. The molecule has 1 atom stereocenters. The van der Waals surface area contributed by atoms with Crippen LogP contribution in [0.5, 0.6) is 5.75 Å². The van der Waals surface area contributed by atoms with Crippen molar-refractivity contribution in [1.82, 2.24) is 9.78 Å². The summed E-state index contributed by atoms with van der Waals surface area (Å²) in [4.78, 5) is 0. The Labute approximate surface area is 120 Å². The van der Waals surface area contributed by atoms with Gasteiger partial charge in [-0.2, -0.15) is 5.10 Å². The van der Waals surface area contributed by atoms with Crippen LogP contribution in [0.4, 0.5) is 5.69 Å². The molecule has 4 nitrogen and oxygen atoms in total. The number of hydrogen-bond donors (Lipinski definition) is 1. The molecular weight excluding hydrogens is 250 g/mol. The van der Waals surface area contributed by atoms with Crippen LogP contribution < -0.4 is 10.1 Å². The molecular formula is C16H23N3O. The number of nitrogens with zero attached hydrogens (tertiary/aromatic N) is 2. The Morgan fingerprint density at radius 3 is 2.85 bits per heavy atom. The number of nitrogens with one attached hydrogen (secondary N) is 1. The lowest BCUT2D eigenvalue weighted by molar-refractivity contribution is 0.317. The molecule has 4 heteroatoms. The molecule has 0 saturated heterocycles. The standard InChI is InChI=1S/C16H23N3O/c1-5-9-20-15-8-6-7-14(10-15)17-12(2)16-11-19(4)18-13(16)3/h6-8,10-12,17H,5,9H2,1-4H3. The predicted molar refractivity (Wildman–Crippen MR) is 82.2 cm³/mol. The van der Waals surface area contributed by atoms with Gasteiger partial charge in [0, 0.05) is 30.6 Å². The first kappa shape index (κ1) is 14.4. The number of rotatable bonds is 6. The van der Waals surface area contributed by atoms with Crippen LogP contribution in [0.3, 0.4) is 0 Å². The van der Waals surface area contributed by atoms with E-state index in [0.29, 0.717) is 0 Å². The smallest absolute Gasteiger partial charge is 0.121 e. The number of aryl methyl sites for hydroxylation is 2. The second-order valence-corrected chi connectivity index (χ2v) is 5.09. The fraction of sp³-hybridized carbons (Fsp3) is 0.438. The highest BCUT2D eigenvalue weighted by atomic mass is 16.5. The molecule has 0 spiro atoms. The van der Waals surface area contributed by atoms with Crippen molar-refractivity contribution in [2.45, 2.75) is 33.2 Å². The maximum Gasteiger partial charge on any atom is 0.121 e. The maximum atomic E-state index is 5.65. The Hall–Kier alpha value is -1.97. The van der Waals surface area contributed by atoms with E-state index in [1.54, 1.807) is 0 Å². The van der Waals surface area contributed by atoms with Gasteiger partial charge in [0.2, 0.25) is 0 Å². The quantitative estimate of drug-likeness (QED) is 0.872. The molecule has 108 valence electrons. The van der Waals surface area contributed by atoms with Crippen molar-refractivity contribution in [1.29, 1.82) is 0 Å². The van der Waals surface area contributed by atoms with Crippen molar-refractivity contribution < 1.29 is 4.74 Å². The Balaban J connectivity index is 2.07. The molecule has 1 unspecified atom stereocenters. The molecule has 0 radical (unpaired) electrons. The highest BCUT2D eigenvalue weighted by Crippen LogP contribution is 2.24. The highest BCUT2D eigenvalue weighted by Gasteiger charge is 2.11. The van der Waals surface area contributed by atoms with Gasteiger partial charge in [-0.1, -0.05) is 13.0 Å². The predicted octanol–water partition coefficient (Wildman–Crippen LogP) is 3.69. The van der Waals surface area contributed by atoms with Gasteiger partial charge in [-0.05, 0) is 32.4 Å². The van der Waals surface area contributed by atoms with Gasteiger partial charge in [-0.3, -0.25) is 4.68 Å². The number of hydrogen-bond acceptors (Lipinski definition) is 3. The molecule has 0 aliphatic heterocycles. The van der Waals surface area contributed by atoms with Crippen molar-refractivity contribution in [3.63, 3.8) is 0 Å². The zero-order valence-corrected chi connectivity index (χ0v) is 12.7. The summed E-state index contributed by atoms with van der Waals surface area (Å²) >= 11 is 0. The van der Waals surface area contributed by atoms with Crippen molar-refractivity contribution in [3.05, 3.63) is 41.7 Å². The van der Waals surface area contributed by atoms with Crippen LogP contribution in [0.2, 0.25) is 0 Å². The summed E-state index contributed by atoms with van der Waals surface area (Å²) in [5.74, 6) is 0.909. The lowest BCUT2D eigenvalue weighted by Crippen LogP contribution is -2.07. The Morgan fingerprint density at radius 1 is 1.40 bits per heavy atom. The Bertz CT molecular complexity index is 563. The topological polar surface area (TPSA) is 39.1 Å². The van der Waals surface area contributed by atoms with E-state index < -0.39 is 0 Å². The first-order valence-electron chi connectivity index (χ1n) is 7.09. The fourth-order valence-electron chi connectivity index (χ4n) is 2.27. The third-order valence-corrected chi connectivity index (χ3v) is 3.21. The van der Waals surface area contributed by atoms with E-state index in [9.17, 15) is 0 Å². The van der Waals surface area contributed by atoms with Gasteiger partial charge in [0.25, 0.3) is 0 Å². The molecule has 0 aliphatic rings. The third kappa shape index (κ3) is 3.53. The minimum atomic E-state index is 0.213. The molecule has 0 bridgehead atoms.